The number of benzene rings is 2. The summed E-state index contributed by atoms with van der Waals surface area (Å²) in [5.74, 6) is 1.82. The third kappa shape index (κ3) is 5.41. The maximum absolute atomic E-state index is 6.00. The van der Waals surface area contributed by atoms with Gasteiger partial charge in [-0.15, -0.1) is 0 Å². The Bertz CT molecular complexity index is 787. The topological polar surface area (TPSA) is 21.7 Å². The molecule has 150 valence electrons. The molecule has 0 atom stereocenters. The van der Waals surface area contributed by atoms with Crippen molar-refractivity contribution in [3.8, 4) is 11.5 Å². The summed E-state index contributed by atoms with van der Waals surface area (Å²) in [4.78, 5) is 2.32. The maximum atomic E-state index is 6.00. The molecule has 0 amide bonds. The molecule has 0 spiro atoms. The Morgan fingerprint density at radius 1 is 0.857 bits per heavy atom. The minimum absolute atomic E-state index is 0.648. The van der Waals surface area contributed by atoms with Gasteiger partial charge in [0.1, 0.15) is 11.5 Å². The second-order valence-electron chi connectivity index (χ2n) is 6.35. The van der Waals surface area contributed by atoms with Gasteiger partial charge in [-0.2, -0.15) is 0 Å². The lowest BCUT2D eigenvalue weighted by Gasteiger charge is -2.24. The quantitative estimate of drug-likeness (QED) is 0.450. The Hall–Kier alpha value is -2.68. The number of rotatable bonds is 10. The molecule has 0 aliphatic heterocycles. The van der Waals surface area contributed by atoms with Gasteiger partial charge in [-0.3, -0.25) is 0 Å². The van der Waals surface area contributed by atoms with Crippen molar-refractivity contribution in [1.29, 1.82) is 0 Å². The summed E-state index contributed by atoms with van der Waals surface area (Å²) in [6, 6.07) is 14.8. The maximum Gasteiger partial charge on any atom is 0.143 e. The zero-order valence-corrected chi connectivity index (χ0v) is 17.9. The van der Waals surface area contributed by atoms with Gasteiger partial charge in [0.2, 0.25) is 0 Å². The van der Waals surface area contributed by atoms with Gasteiger partial charge in [-0.05, 0) is 75.6 Å². The minimum Gasteiger partial charge on any atom is -0.494 e. The van der Waals surface area contributed by atoms with E-state index in [9.17, 15) is 0 Å². The molecule has 0 aliphatic rings. The van der Waals surface area contributed by atoms with Gasteiger partial charge < -0.3 is 14.4 Å². The molecule has 0 radical (unpaired) electrons. The fourth-order valence-electron chi connectivity index (χ4n) is 3.23. The van der Waals surface area contributed by atoms with Gasteiger partial charge in [0.25, 0.3) is 0 Å². The van der Waals surface area contributed by atoms with Crippen molar-refractivity contribution in [3.05, 3.63) is 71.8 Å². The molecule has 2 aromatic rings. The van der Waals surface area contributed by atoms with Crippen molar-refractivity contribution in [3.63, 3.8) is 0 Å². The van der Waals surface area contributed by atoms with Crippen molar-refractivity contribution in [2.24, 2.45) is 0 Å². The van der Waals surface area contributed by atoms with E-state index >= 15 is 0 Å². The van der Waals surface area contributed by atoms with Crippen molar-refractivity contribution in [1.82, 2.24) is 0 Å². The summed E-state index contributed by atoms with van der Waals surface area (Å²) >= 11 is 0. The average Bonchev–Trinajstić information content (AvgIpc) is 2.72. The number of allylic oxidation sites excluding steroid dienone is 3. The molecule has 28 heavy (non-hydrogen) atoms. The normalized spacial score (nSPS) is 11.7. The van der Waals surface area contributed by atoms with E-state index in [1.54, 1.807) is 0 Å². The molecule has 0 heterocycles. The third-order valence-electron chi connectivity index (χ3n) is 4.61. The van der Waals surface area contributed by atoms with Gasteiger partial charge in [0.05, 0.1) is 18.9 Å². The second-order valence-corrected chi connectivity index (χ2v) is 6.35. The van der Waals surface area contributed by atoms with E-state index in [1.807, 2.05) is 39.0 Å². The van der Waals surface area contributed by atoms with Crippen LogP contribution in [-0.4, -0.2) is 26.3 Å². The lowest BCUT2D eigenvalue weighted by atomic mass is 9.96. The molecular weight excluding hydrogens is 346 g/mol. The number of nitrogens with zero attached hydrogens (tertiary/aromatic N) is 1. The van der Waals surface area contributed by atoms with Gasteiger partial charge in [-0.1, -0.05) is 36.4 Å². The number of anilines is 1. The van der Waals surface area contributed by atoms with E-state index in [2.05, 4.69) is 61.2 Å². The molecule has 2 aromatic carbocycles. The Morgan fingerprint density at radius 2 is 1.50 bits per heavy atom. The first-order chi connectivity index (χ1) is 13.7. The second kappa shape index (κ2) is 11.2. The van der Waals surface area contributed by atoms with E-state index in [4.69, 9.17) is 9.47 Å². The number of hydrogen-bond donors (Lipinski definition) is 0. The molecular formula is C25H33NO2. The van der Waals surface area contributed by atoms with Crippen LogP contribution in [0.1, 0.15) is 45.7 Å². The predicted octanol–water partition coefficient (Wildman–Crippen LogP) is 6.34. The standard InChI is InChI=1S/C25H33NO2/c1-6-11-12-23(20-13-16-22(17-14-20)27-9-4)21-15-18-24(26(7-2)8-3)25(19-21)28-10-5/h6,11-19H,7-10H2,1-5H3. The molecule has 3 heteroatoms. The van der Waals surface area contributed by atoms with Crippen LogP contribution in [0.5, 0.6) is 11.5 Å². The number of ether oxygens (including phenoxy) is 2. The lowest BCUT2D eigenvalue weighted by molar-refractivity contribution is 0.340. The highest BCUT2D eigenvalue weighted by atomic mass is 16.5. The van der Waals surface area contributed by atoms with Crippen molar-refractivity contribution in [2.45, 2.75) is 34.6 Å². The fourth-order valence-corrected chi connectivity index (χ4v) is 3.23. The molecule has 0 aliphatic carbocycles. The fraction of sp³-hybridized carbons (Fsp3) is 0.360. The molecule has 2 rings (SSSR count). The van der Waals surface area contributed by atoms with Crippen molar-refractivity contribution in [2.75, 3.05) is 31.2 Å². The first kappa shape index (κ1) is 21.6. The molecule has 3 nitrogen and oxygen atoms in total. The van der Waals surface area contributed by atoms with Gasteiger partial charge in [-0.25, -0.2) is 0 Å². The SMILES string of the molecule is CC=CC=C(c1ccc(OCC)cc1)c1ccc(N(CC)CC)c(OCC)c1. The molecule has 0 aromatic heterocycles. The smallest absolute Gasteiger partial charge is 0.143 e. The summed E-state index contributed by atoms with van der Waals surface area (Å²) < 4.78 is 11.6. The van der Waals surface area contributed by atoms with E-state index < -0.39 is 0 Å². The van der Waals surface area contributed by atoms with Crippen LogP contribution in [0.15, 0.2) is 60.7 Å². The van der Waals surface area contributed by atoms with Gasteiger partial charge >= 0.3 is 0 Å². The first-order valence-corrected chi connectivity index (χ1v) is 10.3. The predicted molar refractivity (Wildman–Crippen MR) is 121 cm³/mol. The van der Waals surface area contributed by atoms with E-state index in [0.29, 0.717) is 13.2 Å². The highest BCUT2D eigenvalue weighted by molar-refractivity contribution is 5.83. The zero-order valence-electron chi connectivity index (χ0n) is 17.9. The van der Waals surface area contributed by atoms with Crippen LogP contribution >= 0.6 is 0 Å². The van der Waals surface area contributed by atoms with Crippen LogP contribution in [0, 0.1) is 0 Å². The molecule has 0 saturated carbocycles. The lowest BCUT2D eigenvalue weighted by Crippen LogP contribution is -2.22. The minimum atomic E-state index is 0.648. The van der Waals surface area contributed by atoms with E-state index in [-0.39, 0.29) is 0 Å². The summed E-state index contributed by atoms with van der Waals surface area (Å²) in [6.45, 7) is 13.6. The largest absolute Gasteiger partial charge is 0.494 e. The van der Waals surface area contributed by atoms with E-state index in [1.165, 1.54) is 0 Å². The van der Waals surface area contributed by atoms with Crippen LogP contribution in [0.3, 0.4) is 0 Å². The molecule has 0 saturated heterocycles. The van der Waals surface area contributed by atoms with Crippen LogP contribution in [0.25, 0.3) is 5.57 Å². The Morgan fingerprint density at radius 3 is 2.07 bits per heavy atom. The van der Waals surface area contributed by atoms with E-state index in [0.717, 1.165) is 47.0 Å². The van der Waals surface area contributed by atoms with Crippen LogP contribution < -0.4 is 14.4 Å². The van der Waals surface area contributed by atoms with Crippen molar-refractivity contribution < 1.29 is 9.47 Å². The molecule has 0 bridgehead atoms. The van der Waals surface area contributed by atoms with Crippen LogP contribution in [0.4, 0.5) is 5.69 Å². The van der Waals surface area contributed by atoms with Crippen LogP contribution in [0.2, 0.25) is 0 Å². The van der Waals surface area contributed by atoms with Crippen molar-refractivity contribution >= 4 is 11.3 Å². The highest BCUT2D eigenvalue weighted by Gasteiger charge is 2.13. The summed E-state index contributed by atoms with van der Waals surface area (Å²) in [6.07, 6.45) is 6.27. The summed E-state index contributed by atoms with van der Waals surface area (Å²) in [5, 5.41) is 0. The first-order valence-electron chi connectivity index (χ1n) is 10.3. The molecule has 0 N–H and O–H groups in total. The monoisotopic (exact) mass is 379 g/mol. The molecule has 0 fully saturated rings. The van der Waals surface area contributed by atoms with Gasteiger partial charge in [0, 0.05) is 13.1 Å². The Balaban J connectivity index is 2.50. The Labute approximate surface area is 170 Å². The number of hydrogen-bond acceptors (Lipinski definition) is 3. The summed E-state index contributed by atoms with van der Waals surface area (Å²) in [5.41, 5.74) is 4.60. The molecule has 0 unspecified atom stereocenters. The van der Waals surface area contributed by atoms with Gasteiger partial charge in [0.15, 0.2) is 0 Å². The highest BCUT2D eigenvalue weighted by Crippen LogP contribution is 2.34. The average molecular weight is 380 g/mol. The third-order valence-corrected chi connectivity index (χ3v) is 4.61. The zero-order chi connectivity index (χ0) is 20.4. The van der Waals surface area contributed by atoms with Crippen LogP contribution in [-0.2, 0) is 0 Å². The Kier molecular flexibility index (Phi) is 8.67. The summed E-state index contributed by atoms with van der Waals surface area (Å²) in [7, 11) is 0.